The molecule has 0 saturated carbocycles. The lowest BCUT2D eigenvalue weighted by molar-refractivity contribution is -0.00577. The van der Waals surface area contributed by atoms with Crippen LogP contribution in [0.1, 0.15) is 38.5 Å². The second-order valence-electron chi connectivity index (χ2n) is 5.45. The Morgan fingerprint density at radius 1 is 1.40 bits per heavy atom. The third-order valence-electron chi connectivity index (χ3n) is 3.80. The average molecular weight is 347 g/mol. The molecule has 1 aliphatic heterocycles. The van der Waals surface area contributed by atoms with E-state index in [-0.39, 0.29) is 30.2 Å². The van der Waals surface area contributed by atoms with Crippen LogP contribution in [-0.2, 0) is 16.1 Å². The molecule has 1 N–H and O–H groups in total. The van der Waals surface area contributed by atoms with Crippen LogP contribution in [0.4, 0.5) is 0 Å². The van der Waals surface area contributed by atoms with E-state index in [0.717, 1.165) is 0 Å². The summed E-state index contributed by atoms with van der Waals surface area (Å²) < 4.78 is 15.5. The highest BCUT2D eigenvalue weighted by atomic mass is 16.5. The maximum atomic E-state index is 12.9. The van der Waals surface area contributed by atoms with Crippen LogP contribution < -0.4 is 0 Å². The van der Waals surface area contributed by atoms with Gasteiger partial charge in [0.1, 0.15) is 12.6 Å². The number of nitrogens with zero attached hydrogens (tertiary/aromatic N) is 3. The third kappa shape index (κ3) is 3.67. The molecule has 1 aromatic carbocycles. The van der Waals surface area contributed by atoms with Gasteiger partial charge in [0.2, 0.25) is 0 Å². The molecule has 0 bridgehead atoms. The fourth-order valence-electron chi connectivity index (χ4n) is 2.60. The second-order valence-corrected chi connectivity index (χ2v) is 5.45. The van der Waals surface area contributed by atoms with E-state index >= 15 is 0 Å². The summed E-state index contributed by atoms with van der Waals surface area (Å²) in [6.45, 7) is 1.13. The Morgan fingerprint density at radius 3 is 2.96 bits per heavy atom. The molecule has 1 aromatic heterocycles. The van der Waals surface area contributed by atoms with Gasteiger partial charge in [-0.1, -0.05) is 11.2 Å². The number of ether oxygens (including phenoxy) is 2. The third-order valence-corrected chi connectivity index (χ3v) is 3.80. The monoisotopic (exact) mass is 347 g/mol. The zero-order valence-corrected chi connectivity index (χ0v) is 13.5. The Morgan fingerprint density at radius 2 is 2.20 bits per heavy atom. The molecule has 1 unspecified atom stereocenters. The van der Waals surface area contributed by atoms with Crippen LogP contribution in [0.25, 0.3) is 0 Å². The average Bonchev–Trinajstić information content (AvgIpc) is 3.10. The van der Waals surface area contributed by atoms with E-state index in [2.05, 4.69) is 10.1 Å². The SMILES string of the molecule is COCc1nc(C2COCCN2C(=O)c2cccc(C(=O)O)c2)no1. The number of hydrogen-bond donors (Lipinski definition) is 1. The van der Waals surface area contributed by atoms with Crippen molar-refractivity contribution in [3.05, 3.63) is 47.1 Å². The summed E-state index contributed by atoms with van der Waals surface area (Å²) >= 11 is 0. The van der Waals surface area contributed by atoms with Crippen molar-refractivity contribution in [2.45, 2.75) is 12.6 Å². The fourth-order valence-corrected chi connectivity index (χ4v) is 2.60. The molecule has 0 aliphatic carbocycles. The molecule has 2 heterocycles. The number of carboxylic acids is 1. The minimum atomic E-state index is -1.09. The molecule has 9 heteroatoms. The van der Waals surface area contributed by atoms with E-state index in [1.54, 1.807) is 11.0 Å². The number of rotatable bonds is 5. The van der Waals surface area contributed by atoms with Crippen molar-refractivity contribution in [3.63, 3.8) is 0 Å². The van der Waals surface area contributed by atoms with E-state index in [9.17, 15) is 9.59 Å². The molecular formula is C16H17N3O6. The highest BCUT2D eigenvalue weighted by Gasteiger charge is 2.33. The first-order valence-electron chi connectivity index (χ1n) is 7.63. The van der Waals surface area contributed by atoms with Gasteiger partial charge in [0.05, 0.1) is 18.8 Å². The number of hydrogen-bond acceptors (Lipinski definition) is 7. The van der Waals surface area contributed by atoms with Crippen molar-refractivity contribution in [1.82, 2.24) is 15.0 Å². The number of benzene rings is 1. The summed E-state index contributed by atoms with van der Waals surface area (Å²) in [6.07, 6.45) is 0. The van der Waals surface area contributed by atoms with Gasteiger partial charge in [-0.25, -0.2) is 4.79 Å². The zero-order valence-electron chi connectivity index (χ0n) is 13.5. The van der Waals surface area contributed by atoms with Gasteiger partial charge in [0.25, 0.3) is 11.8 Å². The summed E-state index contributed by atoms with van der Waals surface area (Å²) in [7, 11) is 1.51. The highest BCUT2D eigenvalue weighted by molar-refractivity contribution is 5.97. The van der Waals surface area contributed by atoms with Crippen LogP contribution in [-0.4, -0.2) is 58.9 Å². The Bertz CT molecular complexity index is 775. The number of carboxylic acid groups (broad SMARTS) is 1. The summed E-state index contributed by atoms with van der Waals surface area (Å²) in [4.78, 5) is 29.8. The fraction of sp³-hybridized carbons (Fsp3) is 0.375. The van der Waals surface area contributed by atoms with Crippen LogP contribution in [0.5, 0.6) is 0 Å². The maximum absolute atomic E-state index is 12.9. The largest absolute Gasteiger partial charge is 0.478 e. The standard InChI is InChI=1S/C16H17N3O6/c1-23-9-13-17-14(18-25-13)12-8-24-6-5-19(12)15(20)10-3-2-4-11(7-10)16(21)22/h2-4,7,12H,5-6,8-9H2,1H3,(H,21,22). The van der Waals surface area contributed by atoms with Gasteiger partial charge in [-0.3, -0.25) is 4.79 Å². The molecule has 1 aliphatic rings. The predicted molar refractivity (Wildman–Crippen MR) is 83.0 cm³/mol. The Kier molecular flexibility index (Phi) is 5.05. The van der Waals surface area contributed by atoms with Gasteiger partial charge in [-0.2, -0.15) is 4.98 Å². The molecular weight excluding hydrogens is 330 g/mol. The van der Waals surface area contributed by atoms with Crippen LogP contribution >= 0.6 is 0 Å². The van der Waals surface area contributed by atoms with Gasteiger partial charge in [-0.15, -0.1) is 0 Å². The quantitative estimate of drug-likeness (QED) is 0.856. The Balaban J connectivity index is 1.85. The topological polar surface area (TPSA) is 115 Å². The van der Waals surface area contributed by atoms with Gasteiger partial charge >= 0.3 is 5.97 Å². The first kappa shape index (κ1) is 17.1. The van der Waals surface area contributed by atoms with Crippen molar-refractivity contribution >= 4 is 11.9 Å². The number of methoxy groups -OCH3 is 1. The van der Waals surface area contributed by atoms with Crippen LogP contribution in [0.3, 0.4) is 0 Å². The first-order chi connectivity index (χ1) is 12.1. The normalized spacial score (nSPS) is 17.5. The second kappa shape index (κ2) is 7.41. The molecule has 0 radical (unpaired) electrons. The molecule has 9 nitrogen and oxygen atoms in total. The lowest BCUT2D eigenvalue weighted by atomic mass is 10.1. The smallest absolute Gasteiger partial charge is 0.335 e. The molecule has 1 atom stereocenters. The van der Waals surface area contributed by atoms with E-state index in [1.807, 2.05) is 0 Å². The van der Waals surface area contributed by atoms with E-state index in [1.165, 1.54) is 25.3 Å². The van der Waals surface area contributed by atoms with Gasteiger partial charge < -0.3 is 24.0 Å². The summed E-state index contributed by atoms with van der Waals surface area (Å²) in [5.41, 5.74) is 0.338. The molecule has 1 fully saturated rings. The number of amides is 1. The summed E-state index contributed by atoms with van der Waals surface area (Å²) in [5.74, 6) is -0.761. The zero-order chi connectivity index (χ0) is 17.8. The lowest BCUT2D eigenvalue weighted by Gasteiger charge is -2.33. The van der Waals surface area contributed by atoms with Crippen molar-refractivity contribution in [2.75, 3.05) is 26.9 Å². The van der Waals surface area contributed by atoms with Crippen LogP contribution in [0.15, 0.2) is 28.8 Å². The number of aromatic nitrogens is 2. The molecule has 2 aromatic rings. The van der Waals surface area contributed by atoms with Crippen molar-refractivity contribution < 1.29 is 28.7 Å². The van der Waals surface area contributed by atoms with E-state index in [4.69, 9.17) is 19.1 Å². The minimum absolute atomic E-state index is 0.0533. The van der Waals surface area contributed by atoms with Gasteiger partial charge in [0, 0.05) is 19.2 Å². The molecule has 1 amide bonds. The number of carbonyl (C=O) groups is 2. The maximum Gasteiger partial charge on any atom is 0.335 e. The van der Waals surface area contributed by atoms with Crippen LogP contribution in [0, 0.1) is 0 Å². The van der Waals surface area contributed by atoms with Gasteiger partial charge in [0.15, 0.2) is 5.82 Å². The van der Waals surface area contributed by atoms with Gasteiger partial charge in [-0.05, 0) is 18.2 Å². The van der Waals surface area contributed by atoms with E-state index < -0.39 is 12.0 Å². The van der Waals surface area contributed by atoms with Crippen molar-refractivity contribution in [1.29, 1.82) is 0 Å². The molecule has 25 heavy (non-hydrogen) atoms. The Labute approximate surface area is 143 Å². The minimum Gasteiger partial charge on any atom is -0.478 e. The predicted octanol–water partition coefficient (Wildman–Crippen LogP) is 1.13. The number of morpholine rings is 1. The summed E-state index contributed by atoms with van der Waals surface area (Å²) in [6, 6.07) is 5.39. The van der Waals surface area contributed by atoms with E-state index in [0.29, 0.717) is 24.9 Å². The van der Waals surface area contributed by atoms with Crippen molar-refractivity contribution in [3.8, 4) is 0 Å². The Hall–Kier alpha value is -2.78. The molecule has 132 valence electrons. The van der Waals surface area contributed by atoms with Crippen molar-refractivity contribution in [2.24, 2.45) is 0 Å². The lowest BCUT2D eigenvalue weighted by Crippen LogP contribution is -2.43. The summed E-state index contributed by atoms with van der Waals surface area (Å²) in [5, 5.41) is 13.0. The first-order valence-corrected chi connectivity index (χ1v) is 7.63. The molecule has 0 spiro atoms. The molecule has 1 saturated heterocycles. The number of carbonyl (C=O) groups excluding carboxylic acids is 1. The molecule has 3 rings (SSSR count). The highest BCUT2D eigenvalue weighted by Crippen LogP contribution is 2.24. The van der Waals surface area contributed by atoms with Crippen LogP contribution in [0.2, 0.25) is 0 Å². The number of aromatic carboxylic acids is 1.